The maximum atomic E-state index is 5.59. The highest BCUT2D eigenvalue weighted by atomic mass is 16.5. The van der Waals surface area contributed by atoms with Gasteiger partial charge in [0, 0.05) is 5.56 Å². The Labute approximate surface area is 133 Å². The number of hydrogen-bond acceptors (Lipinski definition) is 1. The highest BCUT2D eigenvalue weighted by Gasteiger charge is 2.03. The quantitative estimate of drug-likeness (QED) is 0.597. The van der Waals surface area contributed by atoms with Gasteiger partial charge >= 0.3 is 0 Å². The van der Waals surface area contributed by atoms with Crippen LogP contribution in [0.15, 0.2) is 84.9 Å². The van der Waals surface area contributed by atoms with E-state index in [9.17, 15) is 0 Å². The van der Waals surface area contributed by atoms with Gasteiger partial charge in [0.1, 0.15) is 5.75 Å². The molecule has 3 rings (SSSR count). The van der Waals surface area contributed by atoms with Gasteiger partial charge in [-0.2, -0.15) is 0 Å². The minimum absolute atomic E-state index is 0.698. The zero-order valence-corrected chi connectivity index (χ0v) is 13.2. The Morgan fingerprint density at radius 1 is 0.682 bits per heavy atom. The first kappa shape index (κ1) is 15.8. The normalized spacial score (nSPS) is 9.55. The fourth-order valence-corrected chi connectivity index (χ4v) is 2.14. The molecule has 0 fully saturated rings. The van der Waals surface area contributed by atoms with Gasteiger partial charge in [0.15, 0.2) is 0 Å². The molecule has 0 radical (unpaired) electrons. The van der Waals surface area contributed by atoms with Crippen LogP contribution < -0.4 is 4.74 Å². The van der Waals surface area contributed by atoms with Crippen LogP contribution in [0.1, 0.15) is 12.5 Å². The predicted octanol–water partition coefficient (Wildman–Crippen LogP) is 5.75. The number of benzene rings is 3. The molecule has 0 amide bonds. The fraction of sp³-hybridized carbons (Fsp3) is 0.143. The van der Waals surface area contributed by atoms with E-state index in [1.807, 2.05) is 61.5 Å². The summed E-state index contributed by atoms with van der Waals surface area (Å²) in [6.07, 6.45) is 0. The van der Waals surface area contributed by atoms with Crippen LogP contribution in [0.25, 0.3) is 11.1 Å². The van der Waals surface area contributed by atoms with Gasteiger partial charge in [-0.3, -0.25) is 0 Å². The zero-order valence-electron chi connectivity index (χ0n) is 13.2. The van der Waals surface area contributed by atoms with E-state index in [2.05, 4.69) is 37.3 Å². The molecule has 0 aliphatic carbocycles. The van der Waals surface area contributed by atoms with E-state index in [1.165, 1.54) is 11.1 Å². The van der Waals surface area contributed by atoms with Crippen LogP contribution >= 0.6 is 0 Å². The molecule has 3 aromatic rings. The van der Waals surface area contributed by atoms with Gasteiger partial charge in [-0.15, -0.1) is 0 Å². The van der Waals surface area contributed by atoms with Crippen LogP contribution in [0.5, 0.6) is 5.75 Å². The molecule has 0 unspecified atom stereocenters. The first-order chi connectivity index (χ1) is 10.8. The van der Waals surface area contributed by atoms with E-state index in [0.29, 0.717) is 6.61 Å². The molecule has 0 atom stereocenters. The summed E-state index contributed by atoms with van der Waals surface area (Å²) in [5.74, 6) is 0.950. The summed E-state index contributed by atoms with van der Waals surface area (Å²) in [6, 6.07) is 28.7. The topological polar surface area (TPSA) is 9.23 Å². The van der Waals surface area contributed by atoms with Crippen LogP contribution in [0.2, 0.25) is 0 Å². The van der Waals surface area contributed by atoms with Gasteiger partial charge in [-0.25, -0.2) is 0 Å². The lowest BCUT2D eigenvalue weighted by Crippen LogP contribution is -1.93. The molecule has 112 valence electrons. The van der Waals surface area contributed by atoms with E-state index < -0.39 is 0 Å². The Bertz CT molecular complexity index is 660. The first-order valence-electron chi connectivity index (χ1n) is 7.60. The van der Waals surface area contributed by atoms with Crippen molar-refractivity contribution in [2.45, 2.75) is 13.8 Å². The second-order valence-electron chi connectivity index (χ2n) is 4.95. The van der Waals surface area contributed by atoms with E-state index in [-0.39, 0.29) is 0 Å². The molecule has 0 heterocycles. The summed E-state index contributed by atoms with van der Waals surface area (Å²) in [4.78, 5) is 0. The van der Waals surface area contributed by atoms with E-state index >= 15 is 0 Å². The molecular weight excluding hydrogens is 268 g/mol. The van der Waals surface area contributed by atoms with Crippen LogP contribution in [0.4, 0.5) is 0 Å². The lowest BCUT2D eigenvalue weighted by Gasteiger charge is -2.09. The third-order valence-corrected chi connectivity index (χ3v) is 3.21. The first-order valence-corrected chi connectivity index (χ1v) is 7.60. The van der Waals surface area contributed by atoms with Gasteiger partial charge in [0.25, 0.3) is 0 Å². The maximum absolute atomic E-state index is 5.59. The predicted molar refractivity (Wildman–Crippen MR) is 94.2 cm³/mol. The molecular formula is C21H22O. The Morgan fingerprint density at radius 2 is 1.23 bits per heavy atom. The van der Waals surface area contributed by atoms with Crippen molar-refractivity contribution in [1.29, 1.82) is 0 Å². The van der Waals surface area contributed by atoms with Crippen molar-refractivity contribution < 1.29 is 4.74 Å². The van der Waals surface area contributed by atoms with E-state index in [1.54, 1.807) is 0 Å². The van der Waals surface area contributed by atoms with Crippen LogP contribution in [-0.4, -0.2) is 6.61 Å². The lowest BCUT2D eigenvalue weighted by atomic mass is 10.1. The zero-order chi connectivity index (χ0) is 15.6. The molecule has 0 N–H and O–H groups in total. The van der Waals surface area contributed by atoms with E-state index in [4.69, 9.17) is 4.74 Å². The minimum Gasteiger partial charge on any atom is -0.493 e. The van der Waals surface area contributed by atoms with Gasteiger partial charge in [-0.05, 0) is 25.5 Å². The average molecular weight is 290 g/mol. The number of rotatable bonds is 3. The molecule has 0 aliphatic heterocycles. The Balaban J connectivity index is 0.000000211. The molecule has 1 heteroatoms. The van der Waals surface area contributed by atoms with Crippen molar-refractivity contribution in [2.24, 2.45) is 0 Å². The van der Waals surface area contributed by atoms with Gasteiger partial charge in [0.05, 0.1) is 6.61 Å². The summed E-state index contributed by atoms with van der Waals surface area (Å²) in [5.41, 5.74) is 3.67. The van der Waals surface area contributed by atoms with Gasteiger partial charge < -0.3 is 4.74 Å². The van der Waals surface area contributed by atoms with Crippen molar-refractivity contribution in [3.05, 3.63) is 90.5 Å². The second kappa shape index (κ2) is 8.68. The molecule has 0 saturated carbocycles. The summed E-state index contributed by atoms with van der Waals surface area (Å²) in [6.45, 7) is 4.78. The van der Waals surface area contributed by atoms with Crippen molar-refractivity contribution in [3.8, 4) is 16.9 Å². The molecule has 3 aromatic carbocycles. The summed E-state index contributed by atoms with van der Waals surface area (Å²) >= 11 is 0. The average Bonchev–Trinajstić information content (AvgIpc) is 2.58. The molecule has 0 bridgehead atoms. The molecule has 0 aromatic heterocycles. The molecule has 0 aliphatic rings. The van der Waals surface area contributed by atoms with Crippen LogP contribution in [-0.2, 0) is 0 Å². The Morgan fingerprint density at radius 3 is 1.77 bits per heavy atom. The Hall–Kier alpha value is -2.54. The van der Waals surface area contributed by atoms with Crippen molar-refractivity contribution in [3.63, 3.8) is 0 Å². The molecule has 1 nitrogen and oxygen atoms in total. The number of ether oxygens (including phenoxy) is 1. The number of hydrogen-bond donors (Lipinski definition) is 0. The largest absolute Gasteiger partial charge is 0.493 e. The van der Waals surface area contributed by atoms with Crippen LogP contribution in [0, 0.1) is 6.92 Å². The SMILES string of the molecule is CCOc1ccccc1-c1ccccc1.Cc1ccccc1. The molecule has 0 spiro atoms. The highest BCUT2D eigenvalue weighted by molar-refractivity contribution is 5.70. The fourth-order valence-electron chi connectivity index (χ4n) is 2.14. The Kier molecular flexibility index (Phi) is 6.25. The van der Waals surface area contributed by atoms with Crippen LogP contribution in [0.3, 0.4) is 0 Å². The third-order valence-electron chi connectivity index (χ3n) is 3.21. The smallest absolute Gasteiger partial charge is 0.127 e. The second-order valence-corrected chi connectivity index (χ2v) is 4.95. The van der Waals surface area contributed by atoms with Crippen molar-refractivity contribution >= 4 is 0 Å². The van der Waals surface area contributed by atoms with Crippen molar-refractivity contribution in [1.82, 2.24) is 0 Å². The summed E-state index contributed by atoms with van der Waals surface area (Å²) in [5, 5.41) is 0. The third kappa shape index (κ3) is 4.78. The van der Waals surface area contributed by atoms with Crippen molar-refractivity contribution in [2.75, 3.05) is 6.61 Å². The highest BCUT2D eigenvalue weighted by Crippen LogP contribution is 2.29. The van der Waals surface area contributed by atoms with E-state index in [0.717, 1.165) is 11.3 Å². The molecule has 0 saturated heterocycles. The maximum Gasteiger partial charge on any atom is 0.127 e. The van der Waals surface area contributed by atoms with Gasteiger partial charge in [-0.1, -0.05) is 84.4 Å². The number of para-hydroxylation sites is 1. The number of aryl methyl sites for hydroxylation is 1. The standard InChI is InChI=1S/C14H14O.C7H8/c1-2-15-14-11-7-6-10-13(14)12-8-4-3-5-9-12;1-7-5-3-2-4-6-7/h3-11H,2H2,1H3;2-6H,1H3. The minimum atomic E-state index is 0.698. The summed E-state index contributed by atoms with van der Waals surface area (Å²) < 4.78 is 5.59. The van der Waals surface area contributed by atoms with Gasteiger partial charge in [0.2, 0.25) is 0 Å². The lowest BCUT2D eigenvalue weighted by molar-refractivity contribution is 0.341. The summed E-state index contributed by atoms with van der Waals surface area (Å²) in [7, 11) is 0. The molecule has 22 heavy (non-hydrogen) atoms. The monoisotopic (exact) mass is 290 g/mol.